The lowest BCUT2D eigenvalue weighted by molar-refractivity contribution is 0.122. The van der Waals surface area contributed by atoms with E-state index in [-0.39, 0.29) is 11.5 Å². The maximum atomic E-state index is 5.79. The zero-order chi connectivity index (χ0) is 16.4. The van der Waals surface area contributed by atoms with Crippen molar-refractivity contribution < 1.29 is 14.0 Å². The molecule has 128 valence electrons. The van der Waals surface area contributed by atoms with Crippen molar-refractivity contribution in [3.8, 4) is 5.75 Å². The SMILES string of the molecule is COCCC1(c2noc(C3NCCOc4ccccc43)n2)CCC1. The highest BCUT2D eigenvalue weighted by Crippen LogP contribution is 2.45. The number of nitrogens with one attached hydrogen (secondary N) is 1. The van der Waals surface area contributed by atoms with Gasteiger partial charge in [-0.1, -0.05) is 29.8 Å². The number of para-hydroxylation sites is 1. The van der Waals surface area contributed by atoms with Crippen molar-refractivity contribution >= 4 is 0 Å². The molecule has 6 nitrogen and oxygen atoms in total. The summed E-state index contributed by atoms with van der Waals surface area (Å²) in [6, 6.07) is 7.90. The number of nitrogens with zero attached hydrogens (tertiary/aromatic N) is 2. The van der Waals surface area contributed by atoms with Gasteiger partial charge in [0.25, 0.3) is 0 Å². The van der Waals surface area contributed by atoms with Crippen LogP contribution < -0.4 is 10.1 Å². The first-order valence-corrected chi connectivity index (χ1v) is 8.60. The molecule has 0 saturated heterocycles. The van der Waals surface area contributed by atoms with Gasteiger partial charge in [0.1, 0.15) is 18.4 Å². The van der Waals surface area contributed by atoms with Crippen LogP contribution >= 0.6 is 0 Å². The van der Waals surface area contributed by atoms with Crippen LogP contribution in [-0.2, 0) is 10.2 Å². The number of hydrogen-bond donors (Lipinski definition) is 1. The minimum Gasteiger partial charge on any atom is -0.492 e. The molecule has 0 radical (unpaired) electrons. The number of hydrogen-bond acceptors (Lipinski definition) is 6. The van der Waals surface area contributed by atoms with Crippen LogP contribution in [0.15, 0.2) is 28.8 Å². The summed E-state index contributed by atoms with van der Waals surface area (Å²) in [5.41, 5.74) is 1.07. The second-order valence-electron chi connectivity index (χ2n) is 6.61. The minimum absolute atomic E-state index is 0.0263. The molecular weight excluding hydrogens is 306 g/mol. The lowest BCUT2D eigenvalue weighted by Crippen LogP contribution is -2.36. The zero-order valence-corrected chi connectivity index (χ0v) is 14.0. The first-order valence-electron chi connectivity index (χ1n) is 8.60. The van der Waals surface area contributed by atoms with Gasteiger partial charge < -0.3 is 14.0 Å². The Morgan fingerprint density at radius 3 is 3.00 bits per heavy atom. The number of aromatic nitrogens is 2. The van der Waals surface area contributed by atoms with Crippen LogP contribution in [0.2, 0.25) is 0 Å². The molecule has 1 aromatic heterocycles. The summed E-state index contributed by atoms with van der Waals surface area (Å²) in [4.78, 5) is 4.77. The fourth-order valence-electron chi connectivity index (χ4n) is 3.60. The van der Waals surface area contributed by atoms with Crippen molar-refractivity contribution in [3.05, 3.63) is 41.5 Å². The lowest BCUT2D eigenvalue weighted by Gasteiger charge is -2.38. The van der Waals surface area contributed by atoms with Crippen LogP contribution in [0.25, 0.3) is 0 Å². The average Bonchev–Trinajstić information content (AvgIpc) is 2.95. The minimum atomic E-state index is -0.121. The molecule has 2 aliphatic rings. The number of benzene rings is 1. The first kappa shape index (κ1) is 15.6. The van der Waals surface area contributed by atoms with E-state index < -0.39 is 0 Å². The van der Waals surface area contributed by atoms with Crippen molar-refractivity contribution in [2.75, 3.05) is 26.9 Å². The molecule has 24 heavy (non-hydrogen) atoms. The quantitative estimate of drug-likeness (QED) is 0.909. The fraction of sp³-hybridized carbons (Fsp3) is 0.556. The van der Waals surface area contributed by atoms with Gasteiger partial charge >= 0.3 is 0 Å². The summed E-state index contributed by atoms with van der Waals surface area (Å²) < 4.78 is 16.7. The second-order valence-corrected chi connectivity index (χ2v) is 6.61. The summed E-state index contributed by atoms with van der Waals surface area (Å²) >= 11 is 0. The van der Waals surface area contributed by atoms with Crippen molar-refractivity contribution in [1.82, 2.24) is 15.5 Å². The molecular formula is C18H23N3O3. The van der Waals surface area contributed by atoms with Crippen molar-refractivity contribution in [3.63, 3.8) is 0 Å². The Morgan fingerprint density at radius 2 is 2.21 bits per heavy atom. The van der Waals surface area contributed by atoms with E-state index in [1.165, 1.54) is 6.42 Å². The van der Waals surface area contributed by atoms with Crippen LogP contribution in [0.1, 0.15) is 49.0 Å². The van der Waals surface area contributed by atoms with Crippen LogP contribution in [0.4, 0.5) is 0 Å². The lowest BCUT2D eigenvalue weighted by atomic mass is 9.66. The molecule has 1 aliphatic carbocycles. The van der Waals surface area contributed by atoms with E-state index in [2.05, 4.69) is 10.5 Å². The van der Waals surface area contributed by atoms with Crippen LogP contribution in [0, 0.1) is 0 Å². The summed E-state index contributed by atoms with van der Waals surface area (Å²) in [5, 5.41) is 7.77. The van der Waals surface area contributed by atoms with Crippen LogP contribution in [0.5, 0.6) is 5.75 Å². The molecule has 2 heterocycles. The Hall–Kier alpha value is -1.92. The van der Waals surface area contributed by atoms with E-state index in [0.717, 1.165) is 49.6 Å². The molecule has 1 saturated carbocycles. The summed E-state index contributed by atoms with van der Waals surface area (Å²) in [7, 11) is 1.74. The highest BCUT2D eigenvalue weighted by atomic mass is 16.5. The standard InChI is InChI=1S/C18H23N3O3/c1-22-11-9-18(7-4-8-18)17-20-16(24-21-17)15-13-5-2-3-6-14(13)23-12-10-19-15/h2-3,5-6,15,19H,4,7-12H2,1H3. The molecule has 4 rings (SSSR count). The van der Waals surface area contributed by atoms with Gasteiger partial charge in [0, 0.05) is 31.2 Å². The third-order valence-electron chi connectivity index (χ3n) is 5.20. The third-order valence-corrected chi connectivity index (χ3v) is 5.20. The summed E-state index contributed by atoms with van der Waals surface area (Å²) in [5.74, 6) is 2.32. The van der Waals surface area contributed by atoms with Gasteiger partial charge in [0.15, 0.2) is 5.82 Å². The van der Waals surface area contributed by atoms with E-state index in [0.29, 0.717) is 12.5 Å². The molecule has 2 aromatic rings. The molecule has 1 aromatic carbocycles. The maximum Gasteiger partial charge on any atom is 0.248 e. The van der Waals surface area contributed by atoms with Gasteiger partial charge in [-0.25, -0.2) is 0 Å². The predicted molar refractivity (Wildman–Crippen MR) is 88.1 cm³/mol. The van der Waals surface area contributed by atoms with E-state index >= 15 is 0 Å². The second kappa shape index (κ2) is 6.53. The molecule has 1 atom stereocenters. The van der Waals surface area contributed by atoms with Crippen molar-refractivity contribution in [1.29, 1.82) is 0 Å². The Labute approximate surface area is 141 Å². The number of fused-ring (bicyclic) bond motifs is 1. The molecule has 0 bridgehead atoms. The van der Waals surface area contributed by atoms with Gasteiger partial charge in [-0.2, -0.15) is 4.98 Å². The maximum absolute atomic E-state index is 5.79. The van der Waals surface area contributed by atoms with Crippen LogP contribution in [-0.4, -0.2) is 37.0 Å². The normalized spacial score (nSPS) is 22.1. The predicted octanol–water partition coefficient (Wildman–Crippen LogP) is 2.60. The van der Waals surface area contributed by atoms with E-state index in [4.69, 9.17) is 19.0 Å². The smallest absolute Gasteiger partial charge is 0.248 e. The molecule has 1 N–H and O–H groups in total. The monoisotopic (exact) mass is 329 g/mol. The van der Waals surface area contributed by atoms with Gasteiger partial charge in [0.05, 0.1) is 0 Å². The number of ether oxygens (including phenoxy) is 2. The van der Waals surface area contributed by atoms with E-state index in [1.807, 2.05) is 24.3 Å². The fourth-order valence-corrected chi connectivity index (χ4v) is 3.60. The molecule has 6 heteroatoms. The van der Waals surface area contributed by atoms with Gasteiger partial charge in [-0.05, 0) is 25.3 Å². The first-order chi connectivity index (χ1) is 11.8. The van der Waals surface area contributed by atoms with Crippen molar-refractivity contribution in [2.45, 2.75) is 37.1 Å². The number of rotatable bonds is 5. The average molecular weight is 329 g/mol. The molecule has 1 fully saturated rings. The molecule has 1 aliphatic heterocycles. The van der Waals surface area contributed by atoms with Crippen molar-refractivity contribution in [2.24, 2.45) is 0 Å². The van der Waals surface area contributed by atoms with E-state index in [9.17, 15) is 0 Å². The van der Waals surface area contributed by atoms with E-state index in [1.54, 1.807) is 7.11 Å². The highest BCUT2D eigenvalue weighted by molar-refractivity contribution is 5.39. The summed E-state index contributed by atoms with van der Waals surface area (Å²) in [6.45, 7) is 2.10. The molecule has 0 spiro atoms. The Morgan fingerprint density at radius 1 is 1.33 bits per heavy atom. The molecule has 1 unspecified atom stereocenters. The Kier molecular flexibility index (Phi) is 4.24. The Bertz CT molecular complexity index is 696. The van der Waals surface area contributed by atoms with Crippen LogP contribution in [0.3, 0.4) is 0 Å². The Balaban J connectivity index is 1.63. The highest BCUT2D eigenvalue weighted by Gasteiger charge is 2.43. The number of methoxy groups -OCH3 is 1. The summed E-state index contributed by atoms with van der Waals surface area (Å²) in [6.07, 6.45) is 4.37. The topological polar surface area (TPSA) is 69.4 Å². The van der Waals surface area contributed by atoms with Gasteiger partial charge in [-0.3, -0.25) is 5.32 Å². The molecule has 0 amide bonds. The largest absolute Gasteiger partial charge is 0.492 e. The van der Waals surface area contributed by atoms with Gasteiger partial charge in [0.2, 0.25) is 5.89 Å². The third kappa shape index (κ3) is 2.70. The van der Waals surface area contributed by atoms with Gasteiger partial charge in [-0.15, -0.1) is 0 Å². The zero-order valence-electron chi connectivity index (χ0n) is 14.0.